The molecular weight excluding hydrogens is 384 g/mol. The average Bonchev–Trinajstić information content (AvgIpc) is 2.67. The monoisotopic (exact) mass is 406 g/mol. The van der Waals surface area contributed by atoms with Gasteiger partial charge in [0.25, 0.3) is 15.9 Å². The van der Waals surface area contributed by atoms with Crippen molar-refractivity contribution in [1.29, 1.82) is 0 Å². The number of hydrogen-bond donors (Lipinski definition) is 2. The predicted octanol–water partition coefficient (Wildman–Crippen LogP) is 2.18. The molecule has 0 aliphatic carbocycles. The topological polar surface area (TPSA) is 111 Å². The van der Waals surface area contributed by atoms with Crippen LogP contribution in [-0.2, 0) is 19.6 Å². The van der Waals surface area contributed by atoms with Gasteiger partial charge >= 0.3 is 5.97 Å². The highest BCUT2D eigenvalue weighted by Crippen LogP contribution is 2.20. The predicted molar refractivity (Wildman–Crippen MR) is 104 cm³/mol. The molecule has 0 fully saturated rings. The molecule has 0 spiro atoms. The molecule has 0 saturated carbocycles. The van der Waals surface area contributed by atoms with Gasteiger partial charge in [-0.3, -0.25) is 9.52 Å². The minimum absolute atomic E-state index is 0.0846. The summed E-state index contributed by atoms with van der Waals surface area (Å²) in [6.07, 6.45) is 0. The van der Waals surface area contributed by atoms with Gasteiger partial charge in [0.1, 0.15) is 5.75 Å². The van der Waals surface area contributed by atoms with Crippen LogP contribution in [0.5, 0.6) is 5.75 Å². The molecule has 2 aromatic carbocycles. The van der Waals surface area contributed by atoms with Crippen LogP contribution in [0.2, 0.25) is 0 Å². The van der Waals surface area contributed by atoms with Crippen molar-refractivity contribution >= 4 is 27.6 Å². The second kappa shape index (κ2) is 9.75. The van der Waals surface area contributed by atoms with Gasteiger partial charge in [-0.15, -0.1) is 0 Å². The molecule has 8 nitrogen and oxygen atoms in total. The highest BCUT2D eigenvalue weighted by molar-refractivity contribution is 7.92. The molecule has 0 aromatic heterocycles. The van der Waals surface area contributed by atoms with E-state index in [4.69, 9.17) is 9.47 Å². The number of ether oxygens (including phenoxy) is 2. The van der Waals surface area contributed by atoms with Crippen molar-refractivity contribution < 1.29 is 27.5 Å². The summed E-state index contributed by atoms with van der Waals surface area (Å²) in [4.78, 5) is 23.3. The molecule has 0 radical (unpaired) electrons. The van der Waals surface area contributed by atoms with Gasteiger partial charge in [-0.25, -0.2) is 13.2 Å². The maximum atomic E-state index is 12.4. The van der Waals surface area contributed by atoms with Crippen molar-refractivity contribution in [3.63, 3.8) is 0 Å². The number of sulfonamides is 1. The summed E-state index contributed by atoms with van der Waals surface area (Å²) in [7, 11) is -3.78. The number of amides is 1. The zero-order valence-corrected chi connectivity index (χ0v) is 16.4. The van der Waals surface area contributed by atoms with Crippen LogP contribution in [0.1, 0.15) is 24.2 Å². The van der Waals surface area contributed by atoms with Crippen molar-refractivity contribution in [2.45, 2.75) is 18.7 Å². The van der Waals surface area contributed by atoms with Crippen LogP contribution in [-0.4, -0.2) is 40.1 Å². The van der Waals surface area contributed by atoms with E-state index in [0.29, 0.717) is 18.9 Å². The Morgan fingerprint density at radius 3 is 2.18 bits per heavy atom. The van der Waals surface area contributed by atoms with Crippen LogP contribution in [0.25, 0.3) is 0 Å². The van der Waals surface area contributed by atoms with Gasteiger partial charge in [0.2, 0.25) is 0 Å². The molecule has 0 aliphatic rings. The van der Waals surface area contributed by atoms with E-state index >= 15 is 0 Å². The van der Waals surface area contributed by atoms with E-state index in [1.54, 1.807) is 19.1 Å². The Morgan fingerprint density at radius 1 is 0.964 bits per heavy atom. The molecule has 0 aliphatic heterocycles. The lowest BCUT2D eigenvalue weighted by Gasteiger charge is -2.10. The quantitative estimate of drug-likeness (QED) is 0.618. The Balaban J connectivity index is 2.00. The van der Waals surface area contributed by atoms with Crippen molar-refractivity contribution in [3.8, 4) is 5.75 Å². The molecule has 0 unspecified atom stereocenters. The van der Waals surface area contributed by atoms with E-state index in [-0.39, 0.29) is 22.8 Å². The smallest absolute Gasteiger partial charge is 0.338 e. The zero-order chi connectivity index (χ0) is 20.6. The number of hydrogen-bond acceptors (Lipinski definition) is 6. The van der Waals surface area contributed by atoms with Gasteiger partial charge in [0, 0.05) is 12.2 Å². The molecule has 150 valence electrons. The fourth-order valence-corrected chi connectivity index (χ4v) is 3.29. The summed E-state index contributed by atoms with van der Waals surface area (Å²) in [6, 6.07) is 11.7. The summed E-state index contributed by atoms with van der Waals surface area (Å²) in [5.41, 5.74) is 0.488. The van der Waals surface area contributed by atoms with E-state index in [1.807, 2.05) is 6.92 Å². The minimum Gasteiger partial charge on any atom is -0.494 e. The minimum atomic E-state index is -3.78. The Kier molecular flexibility index (Phi) is 7.39. The Labute approximate surface area is 163 Å². The van der Waals surface area contributed by atoms with Crippen LogP contribution in [0.15, 0.2) is 53.4 Å². The SMILES string of the molecule is CCNC(=O)COC(=O)c1ccc(NS(=O)(=O)c2ccc(OCC)cc2)cc1. The molecule has 0 atom stereocenters. The lowest BCUT2D eigenvalue weighted by atomic mass is 10.2. The number of carbonyl (C=O) groups is 2. The standard InChI is InChI=1S/C19H22N2O6S/c1-3-20-18(22)13-27-19(23)14-5-7-15(8-6-14)21-28(24,25)17-11-9-16(10-12-17)26-4-2/h5-12,21H,3-4,13H2,1-2H3,(H,20,22). The highest BCUT2D eigenvalue weighted by atomic mass is 32.2. The van der Waals surface area contributed by atoms with Gasteiger partial charge < -0.3 is 14.8 Å². The van der Waals surface area contributed by atoms with E-state index in [2.05, 4.69) is 10.0 Å². The van der Waals surface area contributed by atoms with Gasteiger partial charge in [-0.2, -0.15) is 0 Å². The maximum absolute atomic E-state index is 12.4. The third kappa shape index (κ3) is 5.98. The van der Waals surface area contributed by atoms with E-state index in [9.17, 15) is 18.0 Å². The first-order chi connectivity index (χ1) is 13.4. The number of esters is 1. The van der Waals surface area contributed by atoms with Crippen molar-refractivity contribution in [2.24, 2.45) is 0 Å². The van der Waals surface area contributed by atoms with Crippen LogP contribution in [0.3, 0.4) is 0 Å². The normalized spacial score (nSPS) is 10.8. The van der Waals surface area contributed by atoms with Crippen LogP contribution >= 0.6 is 0 Å². The Hall–Kier alpha value is -3.07. The molecule has 0 heterocycles. The molecule has 0 saturated heterocycles. The summed E-state index contributed by atoms with van der Waals surface area (Å²) < 4.78 is 37.5. The largest absolute Gasteiger partial charge is 0.494 e. The maximum Gasteiger partial charge on any atom is 0.338 e. The molecule has 9 heteroatoms. The highest BCUT2D eigenvalue weighted by Gasteiger charge is 2.15. The lowest BCUT2D eigenvalue weighted by molar-refractivity contribution is -0.124. The second-order valence-corrected chi connectivity index (χ2v) is 7.30. The van der Waals surface area contributed by atoms with Gasteiger partial charge in [0.15, 0.2) is 6.61 Å². The van der Waals surface area contributed by atoms with E-state index < -0.39 is 21.9 Å². The fourth-order valence-electron chi connectivity index (χ4n) is 2.23. The zero-order valence-electron chi connectivity index (χ0n) is 15.6. The van der Waals surface area contributed by atoms with E-state index in [0.717, 1.165) is 0 Å². The average molecular weight is 406 g/mol. The first-order valence-electron chi connectivity index (χ1n) is 8.65. The number of likely N-dealkylation sites (N-methyl/N-ethyl adjacent to an activating group) is 1. The third-order valence-electron chi connectivity index (χ3n) is 3.53. The summed E-state index contributed by atoms with van der Waals surface area (Å²) in [6.45, 7) is 4.15. The van der Waals surface area contributed by atoms with Gasteiger partial charge in [-0.1, -0.05) is 0 Å². The molecule has 2 N–H and O–H groups in total. The van der Waals surface area contributed by atoms with Crippen molar-refractivity contribution in [1.82, 2.24) is 5.32 Å². The number of rotatable bonds is 9. The summed E-state index contributed by atoms with van der Waals surface area (Å²) >= 11 is 0. The molecular formula is C19H22N2O6S. The van der Waals surface area contributed by atoms with Crippen molar-refractivity contribution in [2.75, 3.05) is 24.5 Å². The van der Waals surface area contributed by atoms with Crippen LogP contribution in [0.4, 0.5) is 5.69 Å². The summed E-state index contributed by atoms with van der Waals surface area (Å²) in [5.74, 6) is -0.486. The molecule has 0 bridgehead atoms. The van der Waals surface area contributed by atoms with Gasteiger partial charge in [-0.05, 0) is 62.4 Å². The lowest BCUT2D eigenvalue weighted by Crippen LogP contribution is -2.28. The first kappa shape index (κ1) is 21.2. The second-order valence-electron chi connectivity index (χ2n) is 5.62. The van der Waals surface area contributed by atoms with Crippen LogP contribution < -0.4 is 14.8 Å². The fraction of sp³-hybridized carbons (Fsp3) is 0.263. The number of carbonyl (C=O) groups excluding carboxylic acids is 2. The van der Waals surface area contributed by atoms with Crippen LogP contribution in [0, 0.1) is 0 Å². The Morgan fingerprint density at radius 2 is 1.61 bits per heavy atom. The first-order valence-corrected chi connectivity index (χ1v) is 10.1. The number of nitrogens with one attached hydrogen (secondary N) is 2. The number of benzene rings is 2. The molecule has 28 heavy (non-hydrogen) atoms. The van der Waals surface area contributed by atoms with E-state index in [1.165, 1.54) is 36.4 Å². The molecule has 2 aromatic rings. The van der Waals surface area contributed by atoms with Crippen molar-refractivity contribution in [3.05, 3.63) is 54.1 Å². The number of anilines is 1. The van der Waals surface area contributed by atoms with Gasteiger partial charge in [0.05, 0.1) is 17.1 Å². The molecule has 2 rings (SSSR count). The molecule has 1 amide bonds. The summed E-state index contributed by atoms with van der Waals surface area (Å²) in [5, 5.41) is 2.51. The third-order valence-corrected chi connectivity index (χ3v) is 4.92. The Bertz CT molecular complexity index is 908.